The second kappa shape index (κ2) is 8.83. The first kappa shape index (κ1) is 20.5. The standard InChI is InChI=1S/C19H25N3O5S/c1-4-26-18(24)12-6-8-22(9-7-12)10-13-20-16(23)14-11(3)15(19(25)27-5-2)28-17(14)21-13/h12H,4-10H2,1-3H3,(H,20,21,23)/p+1. The van der Waals surface area contributed by atoms with Gasteiger partial charge >= 0.3 is 11.9 Å². The van der Waals surface area contributed by atoms with E-state index in [0.29, 0.717) is 39.6 Å². The first-order valence-corrected chi connectivity index (χ1v) is 10.5. The van der Waals surface area contributed by atoms with Crippen LogP contribution < -0.4 is 10.5 Å². The van der Waals surface area contributed by atoms with Gasteiger partial charge in [-0.15, -0.1) is 11.3 Å². The van der Waals surface area contributed by atoms with Crippen LogP contribution in [-0.4, -0.2) is 48.2 Å². The van der Waals surface area contributed by atoms with E-state index < -0.39 is 5.97 Å². The first-order valence-electron chi connectivity index (χ1n) is 9.64. The third kappa shape index (κ3) is 4.25. The van der Waals surface area contributed by atoms with E-state index in [4.69, 9.17) is 9.47 Å². The maximum Gasteiger partial charge on any atom is 0.348 e. The third-order valence-electron chi connectivity index (χ3n) is 5.04. The van der Waals surface area contributed by atoms with Gasteiger partial charge in [-0.25, -0.2) is 9.78 Å². The zero-order chi connectivity index (χ0) is 20.3. The van der Waals surface area contributed by atoms with Crippen molar-refractivity contribution in [1.82, 2.24) is 9.97 Å². The number of thiophene rings is 1. The summed E-state index contributed by atoms with van der Waals surface area (Å²) in [4.78, 5) is 46.2. The zero-order valence-electron chi connectivity index (χ0n) is 16.4. The maximum absolute atomic E-state index is 12.6. The third-order valence-corrected chi connectivity index (χ3v) is 6.21. The largest absolute Gasteiger partial charge is 0.466 e. The number of aromatic nitrogens is 2. The van der Waals surface area contributed by atoms with Crippen LogP contribution in [0.3, 0.4) is 0 Å². The summed E-state index contributed by atoms with van der Waals surface area (Å²) in [6.45, 7) is 8.22. The molecule has 2 aromatic rings. The monoisotopic (exact) mass is 408 g/mol. The van der Waals surface area contributed by atoms with Crippen molar-refractivity contribution in [2.45, 2.75) is 40.2 Å². The van der Waals surface area contributed by atoms with E-state index in [-0.39, 0.29) is 24.1 Å². The number of carbonyl (C=O) groups excluding carboxylic acids is 2. The molecule has 152 valence electrons. The molecule has 0 bridgehead atoms. The summed E-state index contributed by atoms with van der Waals surface area (Å²) in [6.07, 6.45) is 1.54. The number of ether oxygens (including phenoxy) is 2. The molecule has 0 aliphatic carbocycles. The summed E-state index contributed by atoms with van der Waals surface area (Å²) in [5.74, 6) is 0.0229. The van der Waals surface area contributed by atoms with Crippen LogP contribution in [0, 0.1) is 12.8 Å². The number of nitrogens with zero attached hydrogens (tertiary/aromatic N) is 1. The van der Waals surface area contributed by atoms with Crippen LogP contribution in [0.5, 0.6) is 0 Å². The van der Waals surface area contributed by atoms with Gasteiger partial charge in [-0.2, -0.15) is 0 Å². The average molecular weight is 409 g/mol. The number of hydrogen-bond acceptors (Lipinski definition) is 7. The summed E-state index contributed by atoms with van der Waals surface area (Å²) in [5.41, 5.74) is 0.381. The van der Waals surface area contributed by atoms with Crippen molar-refractivity contribution in [2.24, 2.45) is 5.92 Å². The van der Waals surface area contributed by atoms with Gasteiger partial charge < -0.3 is 19.4 Å². The molecule has 3 heterocycles. The van der Waals surface area contributed by atoms with Crippen LogP contribution in [0.2, 0.25) is 0 Å². The summed E-state index contributed by atoms with van der Waals surface area (Å²) < 4.78 is 10.2. The lowest BCUT2D eigenvalue weighted by molar-refractivity contribution is -0.920. The lowest BCUT2D eigenvalue weighted by Gasteiger charge is -2.27. The number of H-pyrrole nitrogens is 1. The minimum Gasteiger partial charge on any atom is -0.466 e. The highest BCUT2D eigenvalue weighted by molar-refractivity contribution is 7.20. The molecule has 1 aliphatic rings. The molecule has 2 N–H and O–H groups in total. The topological polar surface area (TPSA) is 103 Å². The summed E-state index contributed by atoms with van der Waals surface area (Å²) >= 11 is 1.20. The smallest absolute Gasteiger partial charge is 0.348 e. The van der Waals surface area contributed by atoms with Crippen molar-refractivity contribution < 1.29 is 24.0 Å². The first-order chi connectivity index (χ1) is 13.4. The fourth-order valence-corrected chi connectivity index (χ4v) is 4.69. The summed E-state index contributed by atoms with van der Waals surface area (Å²) in [5, 5.41) is 0.452. The van der Waals surface area contributed by atoms with Gasteiger partial charge in [-0.1, -0.05) is 0 Å². The molecule has 3 rings (SSSR count). The Balaban J connectivity index is 1.74. The minimum absolute atomic E-state index is 0.0368. The highest BCUT2D eigenvalue weighted by Gasteiger charge is 2.29. The fourth-order valence-electron chi connectivity index (χ4n) is 3.60. The second-order valence-electron chi connectivity index (χ2n) is 6.92. The lowest BCUT2D eigenvalue weighted by atomic mass is 9.97. The highest BCUT2D eigenvalue weighted by atomic mass is 32.1. The van der Waals surface area contributed by atoms with Gasteiger partial charge in [-0.3, -0.25) is 9.59 Å². The van der Waals surface area contributed by atoms with E-state index in [1.165, 1.54) is 16.2 Å². The molecule has 0 atom stereocenters. The number of esters is 2. The Hall–Kier alpha value is -2.26. The summed E-state index contributed by atoms with van der Waals surface area (Å²) in [7, 11) is 0. The number of piperidine rings is 1. The molecule has 1 fully saturated rings. The molecule has 0 saturated carbocycles. The highest BCUT2D eigenvalue weighted by Crippen LogP contribution is 2.27. The number of rotatable bonds is 6. The quantitative estimate of drug-likeness (QED) is 0.687. The average Bonchev–Trinajstić information content (AvgIpc) is 3.00. The van der Waals surface area contributed by atoms with Gasteiger partial charge in [0.25, 0.3) is 5.56 Å². The van der Waals surface area contributed by atoms with Crippen molar-refractivity contribution >= 4 is 33.5 Å². The molecule has 0 aromatic carbocycles. The Morgan fingerprint density at radius 3 is 2.54 bits per heavy atom. The van der Waals surface area contributed by atoms with Gasteiger partial charge in [0.1, 0.15) is 16.3 Å². The molecule has 0 unspecified atom stereocenters. The van der Waals surface area contributed by atoms with Crippen molar-refractivity contribution in [1.29, 1.82) is 0 Å². The Bertz CT molecular complexity index is 928. The molecular formula is C19H26N3O5S+. The van der Waals surface area contributed by atoms with Gasteiger partial charge in [0.05, 0.1) is 37.6 Å². The Labute approximate surface area is 166 Å². The molecule has 1 saturated heterocycles. The molecule has 1 aliphatic heterocycles. The number of aromatic amines is 1. The van der Waals surface area contributed by atoms with Crippen LogP contribution in [-0.2, 0) is 20.8 Å². The van der Waals surface area contributed by atoms with Crippen LogP contribution in [0.1, 0.15) is 47.7 Å². The normalized spacial score (nSPS) is 19.5. The van der Waals surface area contributed by atoms with Crippen molar-refractivity contribution in [3.63, 3.8) is 0 Å². The molecule has 28 heavy (non-hydrogen) atoms. The summed E-state index contributed by atoms with van der Waals surface area (Å²) in [6, 6.07) is 0. The zero-order valence-corrected chi connectivity index (χ0v) is 17.2. The molecule has 0 amide bonds. The number of quaternary nitrogens is 1. The number of likely N-dealkylation sites (tertiary alicyclic amines) is 1. The number of aryl methyl sites for hydroxylation is 1. The minimum atomic E-state index is -0.421. The van der Waals surface area contributed by atoms with Crippen molar-refractivity contribution in [2.75, 3.05) is 26.3 Å². The SMILES string of the molecule is CCOC(=O)c1sc2nc(C[NH+]3CCC(C(=O)OCC)CC3)[nH]c(=O)c2c1C. The number of fused-ring (bicyclic) bond motifs is 1. The van der Waals surface area contributed by atoms with E-state index in [1.54, 1.807) is 13.8 Å². The van der Waals surface area contributed by atoms with Crippen LogP contribution in [0.25, 0.3) is 10.2 Å². The molecule has 0 spiro atoms. The molecular weight excluding hydrogens is 382 g/mol. The Morgan fingerprint density at radius 2 is 1.89 bits per heavy atom. The fraction of sp³-hybridized carbons (Fsp3) is 0.579. The Morgan fingerprint density at radius 1 is 1.21 bits per heavy atom. The molecule has 8 nitrogen and oxygen atoms in total. The van der Waals surface area contributed by atoms with Gasteiger partial charge in [0.15, 0.2) is 5.82 Å². The Kier molecular flexibility index (Phi) is 6.46. The predicted octanol–water partition coefficient (Wildman–Crippen LogP) is 0.828. The lowest BCUT2D eigenvalue weighted by Crippen LogP contribution is -3.12. The number of hydrogen-bond donors (Lipinski definition) is 2. The number of carbonyl (C=O) groups is 2. The van der Waals surface area contributed by atoms with E-state index >= 15 is 0 Å². The predicted molar refractivity (Wildman–Crippen MR) is 105 cm³/mol. The van der Waals surface area contributed by atoms with E-state index in [9.17, 15) is 14.4 Å². The number of nitrogens with one attached hydrogen (secondary N) is 2. The second-order valence-corrected chi connectivity index (χ2v) is 7.92. The maximum atomic E-state index is 12.6. The van der Waals surface area contributed by atoms with Crippen LogP contribution in [0.15, 0.2) is 4.79 Å². The van der Waals surface area contributed by atoms with Gasteiger partial charge in [0.2, 0.25) is 0 Å². The van der Waals surface area contributed by atoms with E-state index in [2.05, 4.69) is 9.97 Å². The van der Waals surface area contributed by atoms with Gasteiger partial charge in [0, 0.05) is 12.8 Å². The molecule has 9 heteroatoms. The van der Waals surface area contributed by atoms with E-state index in [1.807, 2.05) is 6.92 Å². The van der Waals surface area contributed by atoms with Crippen molar-refractivity contribution in [3.05, 3.63) is 26.6 Å². The van der Waals surface area contributed by atoms with E-state index in [0.717, 1.165) is 25.9 Å². The van der Waals surface area contributed by atoms with Crippen LogP contribution >= 0.6 is 11.3 Å². The molecule has 0 radical (unpaired) electrons. The van der Waals surface area contributed by atoms with Crippen molar-refractivity contribution in [3.8, 4) is 0 Å². The van der Waals surface area contributed by atoms with Gasteiger partial charge in [-0.05, 0) is 26.3 Å². The van der Waals surface area contributed by atoms with Crippen LogP contribution in [0.4, 0.5) is 0 Å². The molecule has 2 aromatic heterocycles.